The number of amides is 1. The van der Waals surface area contributed by atoms with Crippen LogP contribution in [-0.2, 0) is 17.1 Å². The second-order valence-corrected chi connectivity index (χ2v) is 6.91. The number of nitrogens with one attached hydrogen (secondary N) is 2. The van der Waals surface area contributed by atoms with E-state index in [0.29, 0.717) is 12.8 Å². The van der Waals surface area contributed by atoms with Crippen LogP contribution in [0.25, 0.3) is 0 Å². The monoisotopic (exact) mass is 352 g/mol. The fourth-order valence-corrected chi connectivity index (χ4v) is 3.06. The highest BCUT2D eigenvalue weighted by molar-refractivity contribution is 7.89. The maximum absolute atomic E-state index is 12.3. The largest absolute Gasteiger partial charge is 0.354 e. The van der Waals surface area contributed by atoms with Gasteiger partial charge in [0.2, 0.25) is 10.0 Å². The molecule has 0 radical (unpaired) electrons. The smallest absolute Gasteiger partial charge is 0.267 e. The Bertz CT molecular complexity index is 609. The maximum Gasteiger partial charge on any atom is 0.267 e. The molecule has 0 atom stereocenters. The van der Waals surface area contributed by atoms with Gasteiger partial charge in [0, 0.05) is 32.4 Å². The van der Waals surface area contributed by atoms with Gasteiger partial charge in [-0.15, -0.1) is 12.4 Å². The molecule has 1 rings (SSSR count). The maximum atomic E-state index is 12.3. The third-order valence-corrected chi connectivity index (χ3v) is 5.14. The van der Waals surface area contributed by atoms with Crippen molar-refractivity contribution in [2.45, 2.75) is 37.1 Å². The van der Waals surface area contributed by atoms with E-state index in [1.165, 1.54) is 23.9 Å². The number of hydrogen-bond acceptors (Lipinski definition) is 4. The fourth-order valence-electron chi connectivity index (χ4n) is 1.86. The van der Waals surface area contributed by atoms with Gasteiger partial charge in [-0.1, -0.05) is 13.8 Å². The molecule has 0 aromatic carbocycles. The summed E-state index contributed by atoms with van der Waals surface area (Å²) in [6.07, 6.45) is 2.75. The summed E-state index contributed by atoms with van der Waals surface area (Å²) in [5.74, 6) is -0.339. The number of carbonyl (C=O) groups is 1. The number of sulfonamides is 1. The van der Waals surface area contributed by atoms with Gasteiger partial charge < -0.3 is 15.6 Å². The Balaban J connectivity index is 0.00000441. The summed E-state index contributed by atoms with van der Waals surface area (Å²) in [4.78, 5) is 11.7. The molecule has 0 fully saturated rings. The first-order valence-electron chi connectivity index (χ1n) is 6.86. The van der Waals surface area contributed by atoms with Gasteiger partial charge in [-0.3, -0.25) is 4.79 Å². The first-order valence-corrected chi connectivity index (χ1v) is 8.34. The highest BCUT2D eigenvalue weighted by atomic mass is 35.5. The zero-order chi connectivity index (χ0) is 16.3. The van der Waals surface area contributed by atoms with Gasteiger partial charge in [0.25, 0.3) is 5.91 Å². The summed E-state index contributed by atoms with van der Waals surface area (Å²) in [6.45, 7) is 4.00. The van der Waals surface area contributed by atoms with Crippen molar-refractivity contribution < 1.29 is 13.2 Å². The average Bonchev–Trinajstić information content (AvgIpc) is 2.87. The molecule has 0 aliphatic heterocycles. The number of hydrogen-bond donors (Lipinski definition) is 3. The first kappa shape index (κ1) is 20.9. The van der Waals surface area contributed by atoms with Crippen LogP contribution in [0.15, 0.2) is 17.2 Å². The number of nitrogens with zero attached hydrogens (tertiary/aromatic N) is 1. The van der Waals surface area contributed by atoms with E-state index in [1.807, 2.05) is 13.8 Å². The summed E-state index contributed by atoms with van der Waals surface area (Å²) in [6, 6.07) is 1.34. The molecular formula is C13H25ClN4O3S. The predicted molar refractivity (Wildman–Crippen MR) is 88.7 cm³/mol. The summed E-state index contributed by atoms with van der Waals surface area (Å²) in [5.41, 5.74) is 5.81. The van der Waals surface area contributed by atoms with Crippen molar-refractivity contribution in [3.05, 3.63) is 18.0 Å². The van der Waals surface area contributed by atoms with E-state index >= 15 is 0 Å². The van der Waals surface area contributed by atoms with Gasteiger partial charge >= 0.3 is 0 Å². The molecule has 0 saturated heterocycles. The minimum absolute atomic E-state index is 0. The lowest BCUT2D eigenvalue weighted by Crippen LogP contribution is -2.49. The van der Waals surface area contributed by atoms with E-state index in [4.69, 9.17) is 5.73 Å². The van der Waals surface area contributed by atoms with Crippen LogP contribution >= 0.6 is 12.4 Å². The van der Waals surface area contributed by atoms with Crippen molar-refractivity contribution in [3.63, 3.8) is 0 Å². The molecule has 1 aromatic heterocycles. The van der Waals surface area contributed by atoms with Crippen LogP contribution in [0.5, 0.6) is 0 Å². The fraction of sp³-hybridized carbons (Fsp3) is 0.615. The Labute approximate surface area is 138 Å². The number of halogens is 1. The molecule has 22 heavy (non-hydrogen) atoms. The van der Waals surface area contributed by atoms with Crippen molar-refractivity contribution in [2.24, 2.45) is 12.8 Å². The summed E-state index contributed by atoms with van der Waals surface area (Å²) >= 11 is 0. The lowest BCUT2D eigenvalue weighted by atomic mass is 9.95. The zero-order valence-electron chi connectivity index (χ0n) is 13.3. The van der Waals surface area contributed by atoms with E-state index in [2.05, 4.69) is 10.0 Å². The molecule has 128 valence electrons. The van der Waals surface area contributed by atoms with E-state index in [-0.39, 0.29) is 35.4 Å². The molecule has 4 N–H and O–H groups in total. The Morgan fingerprint density at radius 1 is 1.36 bits per heavy atom. The average molecular weight is 353 g/mol. The molecule has 7 nitrogen and oxygen atoms in total. The number of aromatic nitrogens is 1. The van der Waals surface area contributed by atoms with E-state index in [0.717, 1.165) is 0 Å². The summed E-state index contributed by atoms with van der Waals surface area (Å²) in [5, 5.41) is 2.47. The molecule has 1 aromatic rings. The third kappa shape index (κ3) is 4.70. The molecule has 1 amide bonds. The number of nitrogens with two attached hydrogens (primary N) is 1. The molecule has 0 bridgehead atoms. The Morgan fingerprint density at radius 2 is 1.91 bits per heavy atom. The van der Waals surface area contributed by atoms with Gasteiger partial charge in [-0.2, -0.15) is 0 Å². The second-order valence-electron chi connectivity index (χ2n) is 5.15. The summed E-state index contributed by atoms with van der Waals surface area (Å²) < 4.78 is 28.5. The SMILES string of the molecule is CCC(N)(CC)CNS(=O)(=O)c1cc(C(=O)NC)n(C)c1.Cl. The van der Waals surface area contributed by atoms with Crippen molar-refractivity contribution >= 4 is 28.3 Å². The highest BCUT2D eigenvalue weighted by Gasteiger charge is 2.25. The molecule has 1 heterocycles. The summed E-state index contributed by atoms with van der Waals surface area (Å²) in [7, 11) is -0.575. The quantitative estimate of drug-likeness (QED) is 0.668. The Morgan fingerprint density at radius 3 is 2.36 bits per heavy atom. The van der Waals surface area contributed by atoms with Crippen molar-refractivity contribution in [1.82, 2.24) is 14.6 Å². The number of aryl methyl sites for hydroxylation is 1. The Hall–Kier alpha value is -1.09. The standard InChI is InChI=1S/C13H24N4O3S.ClH/c1-5-13(14,6-2)9-16-21(19,20)10-7-11(12(18)15-3)17(4)8-10;/h7-8,16H,5-6,9,14H2,1-4H3,(H,15,18);1H. The predicted octanol–water partition coefficient (Wildman–Crippen LogP) is 0.602. The number of rotatable bonds is 7. The zero-order valence-corrected chi connectivity index (χ0v) is 15.0. The van der Waals surface area contributed by atoms with Crippen molar-refractivity contribution in [1.29, 1.82) is 0 Å². The van der Waals surface area contributed by atoms with Crippen LogP contribution in [0.2, 0.25) is 0 Å². The molecule has 0 aliphatic carbocycles. The van der Waals surface area contributed by atoms with Gasteiger partial charge in [0.1, 0.15) is 10.6 Å². The van der Waals surface area contributed by atoms with Gasteiger partial charge in [-0.25, -0.2) is 13.1 Å². The minimum Gasteiger partial charge on any atom is -0.354 e. The Kier molecular flexibility index (Phi) is 7.56. The van der Waals surface area contributed by atoms with E-state index in [1.54, 1.807) is 7.05 Å². The lowest BCUT2D eigenvalue weighted by molar-refractivity contribution is 0.0955. The van der Waals surface area contributed by atoms with Gasteiger partial charge in [0.05, 0.1) is 0 Å². The molecular weight excluding hydrogens is 328 g/mol. The highest BCUT2D eigenvalue weighted by Crippen LogP contribution is 2.15. The van der Waals surface area contributed by atoms with Crippen LogP contribution in [0.3, 0.4) is 0 Å². The molecule has 9 heteroatoms. The molecule has 0 saturated carbocycles. The van der Waals surface area contributed by atoms with Crippen LogP contribution in [0.1, 0.15) is 37.2 Å². The van der Waals surface area contributed by atoms with Crippen molar-refractivity contribution in [3.8, 4) is 0 Å². The van der Waals surface area contributed by atoms with E-state index < -0.39 is 15.6 Å². The molecule has 0 unspecified atom stereocenters. The normalized spacial score (nSPS) is 11.9. The number of carbonyl (C=O) groups excluding carboxylic acids is 1. The molecule has 0 spiro atoms. The van der Waals surface area contributed by atoms with E-state index in [9.17, 15) is 13.2 Å². The van der Waals surface area contributed by atoms with Crippen molar-refractivity contribution in [2.75, 3.05) is 13.6 Å². The minimum atomic E-state index is -3.69. The molecule has 0 aliphatic rings. The van der Waals surface area contributed by atoms with Crippen LogP contribution in [0.4, 0.5) is 0 Å². The van der Waals surface area contributed by atoms with Crippen LogP contribution in [0, 0.1) is 0 Å². The second kappa shape index (κ2) is 7.96. The van der Waals surface area contributed by atoms with Crippen LogP contribution in [-0.4, -0.2) is 38.0 Å². The van der Waals surface area contributed by atoms with Crippen LogP contribution < -0.4 is 15.8 Å². The third-order valence-electron chi connectivity index (χ3n) is 3.77. The lowest BCUT2D eigenvalue weighted by Gasteiger charge is -2.26. The topological polar surface area (TPSA) is 106 Å². The first-order chi connectivity index (χ1) is 9.69. The van der Waals surface area contributed by atoms with Gasteiger partial charge in [-0.05, 0) is 18.9 Å². The van der Waals surface area contributed by atoms with Gasteiger partial charge in [0.15, 0.2) is 0 Å².